The third kappa shape index (κ3) is 2.71. The molecule has 0 heterocycles. The summed E-state index contributed by atoms with van der Waals surface area (Å²) in [6.07, 6.45) is 0. The van der Waals surface area contributed by atoms with E-state index in [0.29, 0.717) is 16.1 Å². The van der Waals surface area contributed by atoms with E-state index >= 15 is 0 Å². The van der Waals surface area contributed by atoms with E-state index in [0.717, 1.165) is 0 Å². The largest absolute Gasteiger partial charge is 0.386 e. The number of benzene rings is 1. The molecule has 0 fully saturated rings. The fraction of sp³-hybridized carbons (Fsp3) is 0.500. The Balaban J connectivity index is 3.48. The molecule has 0 saturated heterocycles. The molecule has 15 heavy (non-hydrogen) atoms. The predicted molar refractivity (Wildman–Crippen MR) is 61.9 cm³/mol. The smallest absolute Gasteiger partial charge is 0.0858 e. The summed E-state index contributed by atoms with van der Waals surface area (Å²) in [4.78, 5) is 0. The molecule has 0 spiro atoms. The molecule has 0 aliphatic carbocycles. The standard InChI is InChI=1S/C12H17ClO2/c1-11(2,14)8-6-5-7-9(13)10(8)12(3,4)15/h5-7,14-15H,1-4H3. The first-order chi connectivity index (χ1) is 6.64. The van der Waals surface area contributed by atoms with Gasteiger partial charge in [-0.25, -0.2) is 0 Å². The van der Waals surface area contributed by atoms with Gasteiger partial charge in [0.25, 0.3) is 0 Å². The topological polar surface area (TPSA) is 40.5 Å². The minimum absolute atomic E-state index is 0.474. The number of halogens is 1. The Bertz CT molecular complexity index is 359. The average molecular weight is 229 g/mol. The van der Waals surface area contributed by atoms with Gasteiger partial charge in [0.1, 0.15) is 0 Å². The lowest BCUT2D eigenvalue weighted by Gasteiger charge is -2.29. The molecule has 0 atom stereocenters. The van der Waals surface area contributed by atoms with Gasteiger partial charge in [0, 0.05) is 10.6 Å². The van der Waals surface area contributed by atoms with Crippen LogP contribution in [0.4, 0.5) is 0 Å². The van der Waals surface area contributed by atoms with Crippen molar-refractivity contribution in [2.45, 2.75) is 38.9 Å². The highest BCUT2D eigenvalue weighted by Crippen LogP contribution is 2.35. The molecule has 0 aliphatic rings. The number of aliphatic hydroxyl groups is 2. The summed E-state index contributed by atoms with van der Waals surface area (Å²) in [7, 11) is 0. The molecule has 1 aromatic rings. The Morgan fingerprint density at radius 1 is 1.00 bits per heavy atom. The molecule has 0 aliphatic heterocycles. The van der Waals surface area contributed by atoms with Crippen LogP contribution in [0.5, 0.6) is 0 Å². The van der Waals surface area contributed by atoms with Gasteiger partial charge in [0.05, 0.1) is 11.2 Å². The summed E-state index contributed by atoms with van der Waals surface area (Å²) in [5, 5.41) is 20.5. The highest BCUT2D eigenvalue weighted by Gasteiger charge is 2.29. The maximum absolute atomic E-state index is 10.0. The first kappa shape index (κ1) is 12.5. The Morgan fingerprint density at radius 2 is 1.53 bits per heavy atom. The van der Waals surface area contributed by atoms with E-state index in [1.165, 1.54) is 0 Å². The number of hydrogen-bond acceptors (Lipinski definition) is 2. The minimum atomic E-state index is -1.06. The first-order valence-electron chi connectivity index (χ1n) is 4.88. The van der Waals surface area contributed by atoms with Gasteiger partial charge in [-0.05, 0) is 39.3 Å². The second-order valence-corrected chi connectivity index (χ2v) is 5.19. The zero-order valence-electron chi connectivity index (χ0n) is 9.50. The highest BCUT2D eigenvalue weighted by molar-refractivity contribution is 6.31. The maximum atomic E-state index is 10.0. The maximum Gasteiger partial charge on any atom is 0.0858 e. The molecule has 1 aromatic carbocycles. The van der Waals surface area contributed by atoms with Gasteiger partial charge >= 0.3 is 0 Å². The van der Waals surface area contributed by atoms with Gasteiger partial charge in [-0.1, -0.05) is 23.7 Å². The molecule has 0 amide bonds. The SMILES string of the molecule is CC(C)(O)c1cccc(Cl)c1C(C)(C)O. The second-order valence-electron chi connectivity index (χ2n) is 4.78. The van der Waals surface area contributed by atoms with Crippen molar-refractivity contribution >= 4 is 11.6 Å². The quantitative estimate of drug-likeness (QED) is 0.817. The molecule has 84 valence electrons. The molecule has 2 nitrogen and oxygen atoms in total. The lowest BCUT2D eigenvalue weighted by atomic mass is 9.85. The van der Waals surface area contributed by atoms with Crippen molar-refractivity contribution in [1.29, 1.82) is 0 Å². The fourth-order valence-corrected chi connectivity index (χ4v) is 2.06. The average Bonchev–Trinajstić information content (AvgIpc) is 1.99. The normalized spacial score (nSPS) is 13.0. The highest BCUT2D eigenvalue weighted by atomic mass is 35.5. The van der Waals surface area contributed by atoms with Crippen LogP contribution >= 0.6 is 11.6 Å². The minimum Gasteiger partial charge on any atom is -0.386 e. The van der Waals surface area contributed by atoms with E-state index < -0.39 is 11.2 Å². The number of hydrogen-bond donors (Lipinski definition) is 2. The summed E-state index contributed by atoms with van der Waals surface area (Å²) in [6, 6.07) is 5.26. The van der Waals surface area contributed by atoms with Gasteiger partial charge in [-0.15, -0.1) is 0 Å². The van der Waals surface area contributed by atoms with Crippen LogP contribution < -0.4 is 0 Å². The van der Waals surface area contributed by atoms with E-state index in [1.54, 1.807) is 45.9 Å². The van der Waals surface area contributed by atoms with Crippen molar-refractivity contribution in [3.05, 3.63) is 34.3 Å². The summed E-state index contributed by atoms with van der Waals surface area (Å²) in [6.45, 7) is 6.66. The van der Waals surface area contributed by atoms with Gasteiger partial charge in [0.2, 0.25) is 0 Å². The molecule has 3 heteroatoms. The molecule has 1 rings (SSSR count). The van der Waals surface area contributed by atoms with Crippen LogP contribution in [-0.2, 0) is 11.2 Å². The monoisotopic (exact) mass is 228 g/mol. The van der Waals surface area contributed by atoms with Crippen LogP contribution in [0.2, 0.25) is 5.02 Å². The van der Waals surface area contributed by atoms with E-state index in [9.17, 15) is 10.2 Å². The molecule has 0 bridgehead atoms. The van der Waals surface area contributed by atoms with Crippen LogP contribution in [0, 0.1) is 0 Å². The third-order valence-corrected chi connectivity index (χ3v) is 2.60. The summed E-state index contributed by atoms with van der Waals surface area (Å²) in [5.41, 5.74) is -0.838. The van der Waals surface area contributed by atoms with Gasteiger partial charge in [-0.3, -0.25) is 0 Å². The number of rotatable bonds is 2. The van der Waals surface area contributed by atoms with Crippen LogP contribution in [0.3, 0.4) is 0 Å². The summed E-state index contributed by atoms with van der Waals surface area (Å²) >= 11 is 6.05. The third-order valence-electron chi connectivity index (χ3n) is 2.28. The van der Waals surface area contributed by atoms with Crippen molar-refractivity contribution in [3.63, 3.8) is 0 Å². The zero-order chi connectivity index (χ0) is 11.9. The molecule has 0 radical (unpaired) electrons. The summed E-state index contributed by atoms with van der Waals surface area (Å²) < 4.78 is 0. The molecule has 0 aromatic heterocycles. The predicted octanol–water partition coefficient (Wildman–Crippen LogP) is 2.79. The van der Waals surface area contributed by atoms with Gasteiger partial charge in [0.15, 0.2) is 0 Å². The van der Waals surface area contributed by atoms with Crippen molar-refractivity contribution in [2.75, 3.05) is 0 Å². The molecular weight excluding hydrogens is 212 g/mol. The molecule has 2 N–H and O–H groups in total. The van der Waals surface area contributed by atoms with E-state index in [4.69, 9.17) is 11.6 Å². The fourth-order valence-electron chi connectivity index (χ4n) is 1.66. The van der Waals surface area contributed by atoms with E-state index in [2.05, 4.69) is 0 Å². The molecule has 0 unspecified atom stereocenters. The second kappa shape index (κ2) is 3.78. The molecular formula is C12H17ClO2. The van der Waals surface area contributed by atoms with E-state index in [-0.39, 0.29) is 0 Å². The van der Waals surface area contributed by atoms with Gasteiger partial charge < -0.3 is 10.2 Å². The van der Waals surface area contributed by atoms with Crippen LogP contribution in [0.15, 0.2) is 18.2 Å². The van der Waals surface area contributed by atoms with Crippen LogP contribution in [-0.4, -0.2) is 10.2 Å². The van der Waals surface area contributed by atoms with Crippen molar-refractivity contribution in [1.82, 2.24) is 0 Å². The van der Waals surface area contributed by atoms with E-state index in [1.807, 2.05) is 0 Å². The van der Waals surface area contributed by atoms with Crippen molar-refractivity contribution < 1.29 is 10.2 Å². The summed E-state index contributed by atoms with van der Waals surface area (Å²) in [5.74, 6) is 0. The van der Waals surface area contributed by atoms with Crippen LogP contribution in [0.1, 0.15) is 38.8 Å². The Morgan fingerprint density at radius 3 is 1.87 bits per heavy atom. The van der Waals surface area contributed by atoms with Crippen LogP contribution in [0.25, 0.3) is 0 Å². The Labute approximate surface area is 95.5 Å². The Kier molecular flexibility index (Phi) is 3.15. The van der Waals surface area contributed by atoms with Crippen molar-refractivity contribution in [2.24, 2.45) is 0 Å². The lowest BCUT2D eigenvalue weighted by molar-refractivity contribution is 0.0525. The lowest BCUT2D eigenvalue weighted by Crippen LogP contribution is -2.26. The zero-order valence-corrected chi connectivity index (χ0v) is 10.3. The molecule has 0 saturated carbocycles. The Hall–Kier alpha value is -0.570. The first-order valence-corrected chi connectivity index (χ1v) is 5.26. The van der Waals surface area contributed by atoms with Gasteiger partial charge in [-0.2, -0.15) is 0 Å². The van der Waals surface area contributed by atoms with Crippen molar-refractivity contribution in [3.8, 4) is 0 Å².